The molecule has 1 aromatic heterocycles. The second kappa shape index (κ2) is 26.6. The minimum atomic E-state index is -0.563. The third kappa shape index (κ3) is 14.9. The fraction of sp³-hybridized carbons (Fsp3) is 0.312. The zero-order valence-electron chi connectivity index (χ0n) is 44.3. The lowest BCUT2D eigenvalue weighted by Gasteiger charge is -2.26. The molecule has 5 atom stereocenters. The van der Waals surface area contributed by atoms with Crippen LogP contribution in [0.2, 0.25) is 0 Å². The van der Waals surface area contributed by atoms with Crippen LogP contribution in [0.5, 0.6) is 28.7 Å². The summed E-state index contributed by atoms with van der Waals surface area (Å²) < 4.78 is 45.3. The quantitative estimate of drug-likeness (QED) is 0.0164. The van der Waals surface area contributed by atoms with Gasteiger partial charge >= 0.3 is 23.5 Å². The van der Waals surface area contributed by atoms with Gasteiger partial charge in [-0.1, -0.05) is 38.1 Å². The van der Waals surface area contributed by atoms with Crippen molar-refractivity contribution in [1.82, 2.24) is 0 Å². The number of nitrogens with zero attached hydrogens (tertiary/aromatic N) is 1. The number of esters is 3. The number of rotatable bonds is 26. The highest BCUT2D eigenvalue weighted by atomic mass is 16.6. The third-order valence-electron chi connectivity index (χ3n) is 14.1. The minimum absolute atomic E-state index is 0.0607. The van der Waals surface area contributed by atoms with Crippen molar-refractivity contribution in [2.45, 2.75) is 83.7 Å². The molecule has 0 spiro atoms. The molecule has 0 radical (unpaired) electrons. The third-order valence-corrected chi connectivity index (χ3v) is 14.1. The normalized spacial score (nSPS) is 17.9. The smallest absolute Gasteiger partial charge is 0.343 e. The summed E-state index contributed by atoms with van der Waals surface area (Å²) in [6, 6.07) is 35.6. The van der Waals surface area contributed by atoms with E-state index in [1.807, 2.05) is 55.5 Å². The minimum Gasteiger partial charge on any atom is -0.494 e. The average Bonchev–Trinajstić information content (AvgIpc) is 3.74. The molecule has 3 heterocycles. The van der Waals surface area contributed by atoms with Crippen molar-refractivity contribution in [2.75, 3.05) is 31.3 Å². The highest BCUT2D eigenvalue weighted by Gasteiger charge is 2.46. The van der Waals surface area contributed by atoms with Crippen LogP contribution in [-0.4, -0.2) is 62.3 Å². The molecule has 3 aliphatic rings. The van der Waals surface area contributed by atoms with Crippen LogP contribution in [0.15, 0.2) is 173 Å². The van der Waals surface area contributed by atoms with E-state index >= 15 is 0 Å². The number of fused-ring (bicyclic) bond motifs is 2. The molecule has 9 rings (SSSR count). The highest BCUT2D eigenvalue weighted by Crippen LogP contribution is 2.38. The van der Waals surface area contributed by atoms with E-state index in [0.29, 0.717) is 78.2 Å². The lowest BCUT2D eigenvalue weighted by molar-refractivity contribution is -0.143. The number of amides is 2. The number of unbranched alkanes of at least 4 members (excludes halogenated alkanes) is 6. The standard InChI is InChI=1S/C64H63NO14/c1-42(44-11-27-52(28-12-44)76-63(70)47-15-23-50(24-16-47)72-35-7-3-5-9-37-74-54-29-13-45-19-33-59(66)78-57(45)40-54)39-56-43(2)61(68)65(62(56)69)49-21-31-53(32-22-49)77-64(71)48-17-25-51(26-18-48)73-36-8-4-6-10-38-75-55-30-14-46-20-34-60(67)79-58(46)41-55/h11-34,40-43,45,56-57H,3-10,35-39H2,1-2H3. The monoisotopic (exact) mass is 1070 g/mol. The number of hydrogen-bond acceptors (Lipinski definition) is 14. The van der Waals surface area contributed by atoms with Gasteiger partial charge in [0.05, 0.1) is 49.2 Å². The molecule has 408 valence electrons. The van der Waals surface area contributed by atoms with E-state index in [2.05, 4.69) is 0 Å². The van der Waals surface area contributed by atoms with Gasteiger partial charge in [-0.25, -0.2) is 19.2 Å². The number of anilines is 1. The Balaban J connectivity index is 0.642. The summed E-state index contributed by atoms with van der Waals surface area (Å²) in [5.41, 5.74) is 2.14. The van der Waals surface area contributed by atoms with Crippen molar-refractivity contribution in [3.8, 4) is 28.7 Å². The predicted octanol–water partition coefficient (Wildman–Crippen LogP) is 12.1. The van der Waals surface area contributed by atoms with Gasteiger partial charge in [-0.3, -0.25) is 14.5 Å². The van der Waals surface area contributed by atoms with Gasteiger partial charge in [0.1, 0.15) is 46.2 Å². The van der Waals surface area contributed by atoms with Gasteiger partial charge in [0.2, 0.25) is 11.8 Å². The molecule has 0 N–H and O–H groups in total. The van der Waals surface area contributed by atoms with Crippen LogP contribution in [0.25, 0.3) is 11.0 Å². The van der Waals surface area contributed by atoms with Gasteiger partial charge in [-0.05, 0) is 185 Å². The number of allylic oxidation sites excluding steroid dienone is 1. The Kier molecular flexibility index (Phi) is 18.5. The van der Waals surface area contributed by atoms with Crippen LogP contribution in [0.1, 0.15) is 104 Å². The van der Waals surface area contributed by atoms with Gasteiger partial charge in [0, 0.05) is 35.4 Å². The van der Waals surface area contributed by atoms with Crippen LogP contribution in [0.4, 0.5) is 5.69 Å². The summed E-state index contributed by atoms with van der Waals surface area (Å²) in [5.74, 6) is 0.177. The summed E-state index contributed by atoms with van der Waals surface area (Å²) in [6.07, 6.45) is 16.5. The van der Waals surface area contributed by atoms with Crippen molar-refractivity contribution < 1.29 is 61.5 Å². The topological polar surface area (TPSA) is 183 Å². The second-order valence-electron chi connectivity index (χ2n) is 19.9. The first-order valence-electron chi connectivity index (χ1n) is 27.0. The highest BCUT2D eigenvalue weighted by molar-refractivity contribution is 6.22. The fourth-order valence-corrected chi connectivity index (χ4v) is 9.57. The molecule has 0 bridgehead atoms. The van der Waals surface area contributed by atoms with E-state index in [0.717, 1.165) is 68.1 Å². The second-order valence-corrected chi connectivity index (χ2v) is 19.9. The molecular weight excluding hydrogens is 1010 g/mol. The lowest BCUT2D eigenvalue weighted by atomic mass is 9.85. The van der Waals surface area contributed by atoms with Gasteiger partial charge in [0.25, 0.3) is 0 Å². The van der Waals surface area contributed by atoms with E-state index in [9.17, 15) is 28.8 Å². The molecular formula is C64H63NO14. The number of benzene rings is 5. The van der Waals surface area contributed by atoms with E-state index in [-0.39, 0.29) is 41.5 Å². The zero-order valence-corrected chi connectivity index (χ0v) is 44.3. The lowest BCUT2D eigenvalue weighted by Crippen LogP contribution is -2.30. The maximum Gasteiger partial charge on any atom is 0.343 e. The summed E-state index contributed by atoms with van der Waals surface area (Å²) in [5, 5.41) is 0.839. The van der Waals surface area contributed by atoms with E-state index in [1.165, 1.54) is 17.0 Å². The molecule has 2 amide bonds. The molecule has 5 aromatic carbocycles. The Labute approximate surface area is 458 Å². The van der Waals surface area contributed by atoms with Crippen LogP contribution in [0.3, 0.4) is 0 Å². The molecule has 15 heteroatoms. The first kappa shape index (κ1) is 55.0. The van der Waals surface area contributed by atoms with Crippen molar-refractivity contribution in [3.05, 3.63) is 191 Å². The fourth-order valence-electron chi connectivity index (χ4n) is 9.57. The van der Waals surface area contributed by atoms with Crippen LogP contribution < -0.4 is 34.2 Å². The summed E-state index contributed by atoms with van der Waals surface area (Å²) in [4.78, 5) is 77.6. The van der Waals surface area contributed by atoms with E-state index in [4.69, 9.17) is 37.6 Å². The largest absolute Gasteiger partial charge is 0.494 e. The van der Waals surface area contributed by atoms with E-state index < -0.39 is 29.4 Å². The summed E-state index contributed by atoms with van der Waals surface area (Å²) in [6.45, 7) is 5.95. The average molecular weight is 1070 g/mol. The Bertz CT molecular complexity index is 3250. The Morgan fingerprint density at radius 3 is 1.66 bits per heavy atom. The van der Waals surface area contributed by atoms with Crippen molar-refractivity contribution in [2.24, 2.45) is 17.8 Å². The number of imide groups is 1. The molecule has 5 unspecified atom stereocenters. The Morgan fingerprint density at radius 2 is 1.06 bits per heavy atom. The maximum atomic E-state index is 13.8. The van der Waals surface area contributed by atoms with Gasteiger partial charge in [-0.2, -0.15) is 0 Å². The molecule has 1 saturated heterocycles. The van der Waals surface area contributed by atoms with Crippen LogP contribution >= 0.6 is 0 Å². The van der Waals surface area contributed by atoms with Crippen LogP contribution in [-0.2, 0) is 23.9 Å². The summed E-state index contributed by atoms with van der Waals surface area (Å²) in [7, 11) is 0. The first-order valence-corrected chi connectivity index (χ1v) is 27.0. The van der Waals surface area contributed by atoms with Crippen molar-refractivity contribution >= 4 is 46.4 Å². The zero-order chi connectivity index (χ0) is 55.1. The van der Waals surface area contributed by atoms with Crippen molar-refractivity contribution in [1.29, 1.82) is 0 Å². The van der Waals surface area contributed by atoms with Crippen molar-refractivity contribution in [3.63, 3.8) is 0 Å². The molecule has 79 heavy (non-hydrogen) atoms. The van der Waals surface area contributed by atoms with Gasteiger partial charge in [0.15, 0.2) is 0 Å². The number of hydrogen-bond donors (Lipinski definition) is 0. The first-order chi connectivity index (χ1) is 38.4. The molecule has 1 aliphatic carbocycles. The van der Waals surface area contributed by atoms with Gasteiger partial charge in [-0.15, -0.1) is 0 Å². The number of carbonyl (C=O) groups is 5. The van der Waals surface area contributed by atoms with Gasteiger partial charge < -0.3 is 37.6 Å². The molecule has 15 nitrogen and oxygen atoms in total. The summed E-state index contributed by atoms with van der Waals surface area (Å²) >= 11 is 0. The number of ether oxygens (including phenoxy) is 7. The molecule has 6 aromatic rings. The predicted molar refractivity (Wildman–Crippen MR) is 295 cm³/mol. The Morgan fingerprint density at radius 1 is 0.557 bits per heavy atom. The number of carbonyl (C=O) groups excluding carboxylic acids is 5. The van der Waals surface area contributed by atoms with Crippen LogP contribution in [0, 0.1) is 17.8 Å². The maximum absolute atomic E-state index is 13.8. The molecule has 2 aliphatic heterocycles. The Hall–Kier alpha value is -8.72. The SMILES string of the molecule is CC(CC1C(=O)N(c2ccc(OC(=O)c3ccc(OCCCCCCOc4ccc5ccc(=O)oc5c4)cc3)cc2)C(=O)C1C)c1ccc(OC(=O)c2ccc(OCCCCCCOC3=CC4OC(=O)C=CC4C=C3)cc2)cc1. The molecule has 0 saturated carbocycles. The molecule has 1 fully saturated rings. The van der Waals surface area contributed by atoms with E-state index in [1.54, 1.807) is 104 Å².